The number of amides is 1. The Morgan fingerprint density at radius 3 is 3.27 bits per heavy atom. The zero-order valence-corrected chi connectivity index (χ0v) is 13.5. The van der Waals surface area contributed by atoms with E-state index in [1.54, 1.807) is 0 Å². The zero-order valence-electron chi connectivity index (χ0n) is 11.9. The van der Waals surface area contributed by atoms with E-state index in [1.807, 2.05) is 6.92 Å². The van der Waals surface area contributed by atoms with Gasteiger partial charge in [-0.15, -0.1) is 11.3 Å². The fourth-order valence-electron chi connectivity index (χ4n) is 2.53. The van der Waals surface area contributed by atoms with Gasteiger partial charge < -0.3 is 10.1 Å². The predicted molar refractivity (Wildman–Crippen MR) is 81.9 cm³/mol. The number of hydrogen-bond acceptors (Lipinski definition) is 4. The standard InChI is InChI=1S/C14H15ClFN3O2S/c1-2-19-13(9(15)6-18-19)14(20)17-7-10-8-5-12(16)22-11(8)3-4-21-10/h5-6,10H,2-4,7H2,1H3,(H,17,20). The van der Waals surface area contributed by atoms with E-state index < -0.39 is 0 Å². The number of rotatable bonds is 4. The van der Waals surface area contributed by atoms with E-state index in [0.29, 0.717) is 30.3 Å². The number of ether oxygens (including phenoxy) is 1. The number of aryl methyl sites for hydroxylation is 1. The van der Waals surface area contributed by atoms with Crippen LogP contribution in [0, 0.1) is 5.13 Å². The van der Waals surface area contributed by atoms with Gasteiger partial charge in [-0.2, -0.15) is 9.49 Å². The van der Waals surface area contributed by atoms with E-state index in [2.05, 4.69) is 10.4 Å². The summed E-state index contributed by atoms with van der Waals surface area (Å²) in [6.45, 7) is 3.23. The van der Waals surface area contributed by atoms with Crippen molar-refractivity contribution < 1.29 is 13.9 Å². The van der Waals surface area contributed by atoms with Crippen LogP contribution in [0.2, 0.25) is 5.02 Å². The Balaban J connectivity index is 1.70. The monoisotopic (exact) mass is 343 g/mol. The average Bonchev–Trinajstić information content (AvgIpc) is 3.06. The molecule has 0 spiro atoms. The molecule has 2 aromatic heterocycles. The number of aromatic nitrogens is 2. The van der Waals surface area contributed by atoms with E-state index in [-0.39, 0.29) is 23.7 Å². The van der Waals surface area contributed by atoms with E-state index in [4.69, 9.17) is 16.3 Å². The molecule has 1 aliphatic rings. The molecule has 22 heavy (non-hydrogen) atoms. The lowest BCUT2D eigenvalue weighted by atomic mass is 10.1. The highest BCUT2D eigenvalue weighted by atomic mass is 35.5. The van der Waals surface area contributed by atoms with Crippen molar-refractivity contribution in [3.05, 3.63) is 38.6 Å². The molecule has 1 N–H and O–H groups in total. The topological polar surface area (TPSA) is 56.2 Å². The van der Waals surface area contributed by atoms with Gasteiger partial charge in [0.1, 0.15) is 11.8 Å². The SMILES string of the molecule is CCn1ncc(Cl)c1C(=O)NCC1OCCc2sc(F)cc21. The number of nitrogens with zero attached hydrogens (tertiary/aromatic N) is 2. The summed E-state index contributed by atoms with van der Waals surface area (Å²) in [5.41, 5.74) is 1.15. The minimum Gasteiger partial charge on any atom is -0.371 e. The van der Waals surface area contributed by atoms with Crippen molar-refractivity contribution in [2.75, 3.05) is 13.2 Å². The Morgan fingerprint density at radius 2 is 2.50 bits per heavy atom. The number of hydrogen-bond donors (Lipinski definition) is 1. The maximum absolute atomic E-state index is 13.4. The number of fused-ring (bicyclic) bond motifs is 1. The second kappa shape index (κ2) is 6.36. The van der Waals surface area contributed by atoms with Crippen molar-refractivity contribution >= 4 is 28.8 Å². The normalized spacial score (nSPS) is 17.3. The second-order valence-electron chi connectivity index (χ2n) is 4.91. The molecule has 0 aliphatic carbocycles. The molecule has 3 rings (SSSR count). The van der Waals surface area contributed by atoms with Gasteiger partial charge in [0, 0.05) is 24.4 Å². The summed E-state index contributed by atoms with van der Waals surface area (Å²) >= 11 is 7.14. The number of nitrogens with one attached hydrogen (secondary N) is 1. The fourth-order valence-corrected chi connectivity index (χ4v) is 3.67. The van der Waals surface area contributed by atoms with Crippen molar-refractivity contribution in [2.45, 2.75) is 26.0 Å². The number of carbonyl (C=O) groups excluding carboxylic acids is 1. The lowest BCUT2D eigenvalue weighted by Crippen LogP contribution is -2.32. The Bertz CT molecular complexity index is 700. The van der Waals surface area contributed by atoms with Crippen molar-refractivity contribution in [3.8, 4) is 0 Å². The maximum Gasteiger partial charge on any atom is 0.271 e. The third kappa shape index (κ3) is 2.88. The summed E-state index contributed by atoms with van der Waals surface area (Å²) in [7, 11) is 0. The minimum atomic E-state index is -0.328. The number of carbonyl (C=O) groups is 1. The first-order chi connectivity index (χ1) is 10.6. The van der Waals surface area contributed by atoms with Gasteiger partial charge in [-0.3, -0.25) is 9.48 Å². The van der Waals surface area contributed by atoms with Crippen LogP contribution in [0.4, 0.5) is 4.39 Å². The largest absolute Gasteiger partial charge is 0.371 e. The Labute approximate surface area is 136 Å². The summed E-state index contributed by atoms with van der Waals surface area (Å²) < 4.78 is 20.6. The average molecular weight is 344 g/mol. The first kappa shape index (κ1) is 15.5. The van der Waals surface area contributed by atoms with E-state index in [0.717, 1.165) is 21.8 Å². The molecule has 1 aliphatic heterocycles. The third-order valence-corrected chi connectivity index (χ3v) is 4.84. The van der Waals surface area contributed by atoms with Gasteiger partial charge in [0.25, 0.3) is 5.91 Å². The first-order valence-corrected chi connectivity index (χ1v) is 8.18. The Kier molecular flexibility index (Phi) is 4.46. The van der Waals surface area contributed by atoms with Crippen LogP contribution in [-0.2, 0) is 17.7 Å². The van der Waals surface area contributed by atoms with Crippen LogP contribution in [0.3, 0.4) is 0 Å². The first-order valence-electron chi connectivity index (χ1n) is 6.99. The smallest absolute Gasteiger partial charge is 0.271 e. The van der Waals surface area contributed by atoms with Crippen LogP contribution >= 0.6 is 22.9 Å². The summed E-state index contributed by atoms with van der Waals surface area (Å²) in [5, 5.41) is 6.92. The zero-order chi connectivity index (χ0) is 15.7. The molecular weight excluding hydrogens is 329 g/mol. The fraction of sp³-hybridized carbons (Fsp3) is 0.429. The van der Waals surface area contributed by atoms with Gasteiger partial charge in [0.05, 0.1) is 17.8 Å². The van der Waals surface area contributed by atoms with Gasteiger partial charge in [-0.05, 0) is 18.6 Å². The predicted octanol–water partition coefficient (Wildman–Crippen LogP) is 2.80. The molecule has 0 fully saturated rings. The van der Waals surface area contributed by atoms with Crippen LogP contribution in [0.1, 0.15) is 34.0 Å². The molecule has 1 amide bonds. The molecule has 1 unspecified atom stereocenters. The molecule has 0 saturated heterocycles. The number of thiophene rings is 1. The van der Waals surface area contributed by atoms with Gasteiger partial charge in [0.15, 0.2) is 5.13 Å². The van der Waals surface area contributed by atoms with Crippen LogP contribution < -0.4 is 5.32 Å². The van der Waals surface area contributed by atoms with Gasteiger partial charge in [-0.25, -0.2) is 0 Å². The molecule has 8 heteroatoms. The van der Waals surface area contributed by atoms with Crippen molar-refractivity contribution in [2.24, 2.45) is 0 Å². The molecule has 3 heterocycles. The highest BCUT2D eigenvalue weighted by Gasteiger charge is 2.25. The Morgan fingerprint density at radius 1 is 1.68 bits per heavy atom. The van der Waals surface area contributed by atoms with Gasteiger partial charge in [-0.1, -0.05) is 11.6 Å². The second-order valence-corrected chi connectivity index (χ2v) is 6.40. The van der Waals surface area contributed by atoms with Crippen LogP contribution in [0.5, 0.6) is 0 Å². The third-order valence-electron chi connectivity index (χ3n) is 3.56. The lowest BCUT2D eigenvalue weighted by Gasteiger charge is -2.23. The Hall–Kier alpha value is -1.44. The summed E-state index contributed by atoms with van der Waals surface area (Å²) in [4.78, 5) is 13.3. The lowest BCUT2D eigenvalue weighted by molar-refractivity contribution is 0.0421. The van der Waals surface area contributed by atoms with Crippen LogP contribution in [-0.4, -0.2) is 28.8 Å². The molecule has 0 aromatic carbocycles. The van der Waals surface area contributed by atoms with Gasteiger partial charge >= 0.3 is 0 Å². The van der Waals surface area contributed by atoms with Gasteiger partial charge in [0.2, 0.25) is 0 Å². The number of halogens is 2. The highest BCUT2D eigenvalue weighted by Crippen LogP contribution is 2.32. The molecule has 0 bridgehead atoms. The van der Waals surface area contributed by atoms with Crippen LogP contribution in [0.25, 0.3) is 0 Å². The summed E-state index contributed by atoms with van der Waals surface area (Å²) in [6.07, 6.45) is 1.83. The van der Waals surface area contributed by atoms with Crippen LogP contribution in [0.15, 0.2) is 12.3 Å². The molecule has 0 radical (unpaired) electrons. The van der Waals surface area contributed by atoms with E-state index >= 15 is 0 Å². The van der Waals surface area contributed by atoms with E-state index in [1.165, 1.54) is 16.9 Å². The minimum absolute atomic E-state index is 0.223. The van der Waals surface area contributed by atoms with Crippen molar-refractivity contribution in [1.82, 2.24) is 15.1 Å². The molecule has 1 atom stereocenters. The van der Waals surface area contributed by atoms with Crippen molar-refractivity contribution in [3.63, 3.8) is 0 Å². The van der Waals surface area contributed by atoms with E-state index in [9.17, 15) is 9.18 Å². The van der Waals surface area contributed by atoms with Crippen molar-refractivity contribution in [1.29, 1.82) is 0 Å². The molecule has 118 valence electrons. The molecular formula is C14H15ClFN3O2S. The molecule has 2 aromatic rings. The summed E-state index contributed by atoms with van der Waals surface area (Å²) in [6, 6.07) is 1.49. The molecule has 5 nitrogen and oxygen atoms in total. The highest BCUT2D eigenvalue weighted by molar-refractivity contribution is 7.10. The molecule has 0 saturated carbocycles. The summed E-state index contributed by atoms with van der Waals surface area (Å²) in [5.74, 6) is -0.309. The quantitative estimate of drug-likeness (QED) is 0.928. The maximum atomic E-state index is 13.4.